The molecule has 5 rings (SSSR count). The summed E-state index contributed by atoms with van der Waals surface area (Å²) < 4.78 is 2.03. The molecule has 3 aromatic rings. The van der Waals surface area contributed by atoms with E-state index >= 15 is 0 Å². The van der Waals surface area contributed by atoms with Crippen molar-refractivity contribution in [2.75, 3.05) is 23.4 Å². The number of allylic oxidation sites excluding steroid dienone is 1. The molecule has 2 aromatic heterocycles. The lowest BCUT2D eigenvalue weighted by atomic mass is 10.0. The quantitative estimate of drug-likeness (QED) is 0.658. The van der Waals surface area contributed by atoms with Crippen LogP contribution in [0.2, 0.25) is 0 Å². The van der Waals surface area contributed by atoms with Gasteiger partial charge in [0.15, 0.2) is 0 Å². The molecule has 1 fully saturated rings. The SMILES string of the molecule is Cc1cc(-n2cnc(Nc3nc(N4CCC[C@H]4CO)nc4c3CC=C4)c2)cc(C)c1C. The highest BCUT2D eigenvalue weighted by atomic mass is 16.3. The van der Waals surface area contributed by atoms with E-state index in [9.17, 15) is 5.11 Å². The maximum Gasteiger partial charge on any atom is 0.228 e. The van der Waals surface area contributed by atoms with Gasteiger partial charge in [0.25, 0.3) is 0 Å². The van der Waals surface area contributed by atoms with Crippen molar-refractivity contribution in [2.45, 2.75) is 46.1 Å². The average molecular weight is 417 g/mol. The lowest BCUT2D eigenvalue weighted by Crippen LogP contribution is -2.33. The summed E-state index contributed by atoms with van der Waals surface area (Å²) in [7, 11) is 0. The van der Waals surface area contributed by atoms with Gasteiger partial charge in [0, 0.05) is 17.8 Å². The maximum absolute atomic E-state index is 9.72. The van der Waals surface area contributed by atoms with Crippen molar-refractivity contribution in [1.29, 1.82) is 0 Å². The third-order valence-electron chi connectivity index (χ3n) is 6.51. The molecule has 1 saturated heterocycles. The van der Waals surface area contributed by atoms with Crippen LogP contribution in [0, 0.1) is 20.8 Å². The third kappa shape index (κ3) is 3.59. The Labute approximate surface area is 182 Å². The minimum Gasteiger partial charge on any atom is -0.394 e. The highest BCUT2D eigenvalue weighted by molar-refractivity contribution is 5.69. The van der Waals surface area contributed by atoms with Gasteiger partial charge in [0.05, 0.1) is 24.5 Å². The average Bonchev–Trinajstić information content (AvgIpc) is 3.51. The second-order valence-corrected chi connectivity index (χ2v) is 8.51. The van der Waals surface area contributed by atoms with Gasteiger partial charge in [-0.05, 0) is 74.9 Å². The van der Waals surface area contributed by atoms with Crippen molar-refractivity contribution >= 4 is 23.7 Å². The fraction of sp³-hybridized carbons (Fsp3) is 0.375. The fourth-order valence-corrected chi connectivity index (χ4v) is 4.45. The zero-order chi connectivity index (χ0) is 21.5. The molecule has 2 N–H and O–H groups in total. The Morgan fingerprint density at radius 1 is 1.16 bits per heavy atom. The van der Waals surface area contributed by atoms with Crippen molar-refractivity contribution in [2.24, 2.45) is 0 Å². The number of hydrogen-bond donors (Lipinski definition) is 2. The van der Waals surface area contributed by atoms with E-state index in [0.29, 0.717) is 5.95 Å². The molecular weight excluding hydrogens is 388 g/mol. The number of fused-ring (bicyclic) bond motifs is 1. The number of nitrogens with one attached hydrogen (secondary N) is 1. The van der Waals surface area contributed by atoms with Crippen LogP contribution in [0.15, 0.2) is 30.7 Å². The summed E-state index contributed by atoms with van der Waals surface area (Å²) in [6.07, 6.45) is 10.8. The van der Waals surface area contributed by atoms with Gasteiger partial charge in [-0.15, -0.1) is 0 Å². The minimum atomic E-state index is 0.0866. The first-order chi connectivity index (χ1) is 15.0. The van der Waals surface area contributed by atoms with Gasteiger partial charge in [-0.25, -0.2) is 9.97 Å². The number of aromatic nitrogens is 4. The molecule has 2 aliphatic rings. The highest BCUT2D eigenvalue weighted by Crippen LogP contribution is 2.31. The molecule has 0 spiro atoms. The van der Waals surface area contributed by atoms with E-state index in [4.69, 9.17) is 9.97 Å². The van der Waals surface area contributed by atoms with E-state index < -0.39 is 0 Å². The molecule has 0 bridgehead atoms. The van der Waals surface area contributed by atoms with Crippen LogP contribution >= 0.6 is 0 Å². The Morgan fingerprint density at radius 3 is 2.74 bits per heavy atom. The van der Waals surface area contributed by atoms with Gasteiger partial charge in [-0.3, -0.25) is 0 Å². The number of rotatable bonds is 5. The number of nitrogens with zero attached hydrogens (tertiary/aromatic N) is 5. The number of benzene rings is 1. The van der Waals surface area contributed by atoms with Crippen LogP contribution in [0.1, 0.15) is 40.8 Å². The second-order valence-electron chi connectivity index (χ2n) is 8.51. The van der Waals surface area contributed by atoms with Gasteiger partial charge < -0.3 is 19.9 Å². The lowest BCUT2D eigenvalue weighted by molar-refractivity contribution is 0.265. The van der Waals surface area contributed by atoms with E-state index in [1.54, 1.807) is 0 Å². The molecule has 160 valence electrons. The van der Waals surface area contributed by atoms with Crippen LogP contribution in [-0.2, 0) is 6.42 Å². The number of aliphatic hydroxyl groups excluding tert-OH is 1. The van der Waals surface area contributed by atoms with Gasteiger partial charge in [-0.1, -0.05) is 6.08 Å². The fourth-order valence-electron chi connectivity index (χ4n) is 4.45. The normalized spacial score (nSPS) is 17.4. The second kappa shape index (κ2) is 7.81. The molecule has 0 saturated carbocycles. The summed E-state index contributed by atoms with van der Waals surface area (Å²) in [6.45, 7) is 7.42. The Bertz CT molecular complexity index is 1140. The van der Waals surface area contributed by atoms with E-state index in [1.165, 1.54) is 16.7 Å². The topological polar surface area (TPSA) is 79.1 Å². The van der Waals surface area contributed by atoms with Crippen LogP contribution in [0.3, 0.4) is 0 Å². The molecule has 7 nitrogen and oxygen atoms in total. The predicted octanol–water partition coefficient (Wildman–Crippen LogP) is 3.86. The zero-order valence-electron chi connectivity index (χ0n) is 18.3. The van der Waals surface area contributed by atoms with Crippen LogP contribution in [-0.4, -0.2) is 43.8 Å². The molecule has 3 heterocycles. The molecule has 1 aliphatic carbocycles. The van der Waals surface area contributed by atoms with Gasteiger partial charge in [0.1, 0.15) is 18.0 Å². The standard InChI is InChI=1S/C24H28N6O/c1-15-10-19(11-16(2)17(15)3)29-12-22(25-14-29)27-23-20-7-4-8-21(20)26-24(28-23)30-9-5-6-18(30)13-31/h4,8,10-12,14,18,31H,5-7,9,13H2,1-3H3,(H,26,27,28)/t18-/m0/s1. The van der Waals surface area contributed by atoms with Gasteiger partial charge >= 0.3 is 0 Å². The van der Waals surface area contributed by atoms with Gasteiger partial charge in [0.2, 0.25) is 5.95 Å². The van der Waals surface area contributed by atoms with Crippen LogP contribution in [0.4, 0.5) is 17.6 Å². The summed E-state index contributed by atoms with van der Waals surface area (Å²) in [4.78, 5) is 16.3. The largest absolute Gasteiger partial charge is 0.394 e. The first kappa shape index (κ1) is 19.8. The van der Waals surface area contributed by atoms with E-state index in [-0.39, 0.29) is 12.6 Å². The van der Waals surface area contributed by atoms with Crippen molar-refractivity contribution in [3.63, 3.8) is 0 Å². The summed E-state index contributed by atoms with van der Waals surface area (Å²) in [5.74, 6) is 2.21. The summed E-state index contributed by atoms with van der Waals surface area (Å²) in [5, 5.41) is 13.1. The van der Waals surface area contributed by atoms with E-state index in [2.05, 4.69) is 54.2 Å². The number of imidazole rings is 1. The number of aryl methyl sites for hydroxylation is 2. The molecule has 1 atom stereocenters. The van der Waals surface area contributed by atoms with Gasteiger partial charge in [-0.2, -0.15) is 4.98 Å². The first-order valence-electron chi connectivity index (χ1n) is 10.9. The van der Waals surface area contributed by atoms with Crippen molar-refractivity contribution in [3.05, 3.63) is 58.7 Å². The minimum absolute atomic E-state index is 0.0866. The Hall–Kier alpha value is -3.19. The molecule has 0 unspecified atom stereocenters. The predicted molar refractivity (Wildman–Crippen MR) is 123 cm³/mol. The van der Waals surface area contributed by atoms with Crippen LogP contribution in [0.25, 0.3) is 11.8 Å². The number of aliphatic hydroxyl groups is 1. The Kier molecular flexibility index (Phi) is 4.98. The third-order valence-corrected chi connectivity index (χ3v) is 6.51. The van der Waals surface area contributed by atoms with Crippen LogP contribution in [0.5, 0.6) is 0 Å². The zero-order valence-corrected chi connectivity index (χ0v) is 18.3. The maximum atomic E-state index is 9.72. The van der Waals surface area contributed by atoms with E-state index in [0.717, 1.165) is 54.4 Å². The van der Waals surface area contributed by atoms with E-state index in [1.807, 2.05) is 23.2 Å². The number of anilines is 3. The summed E-state index contributed by atoms with van der Waals surface area (Å²) in [6, 6.07) is 4.45. The lowest BCUT2D eigenvalue weighted by Gasteiger charge is -2.24. The molecule has 1 aromatic carbocycles. The molecular formula is C24H28N6O. The van der Waals surface area contributed by atoms with Crippen molar-refractivity contribution in [1.82, 2.24) is 19.5 Å². The van der Waals surface area contributed by atoms with Crippen LogP contribution < -0.4 is 10.2 Å². The molecule has 7 heteroatoms. The molecule has 31 heavy (non-hydrogen) atoms. The summed E-state index contributed by atoms with van der Waals surface area (Å²) in [5.41, 5.74) is 6.99. The van der Waals surface area contributed by atoms with Crippen molar-refractivity contribution in [3.8, 4) is 5.69 Å². The first-order valence-corrected chi connectivity index (χ1v) is 10.9. The summed E-state index contributed by atoms with van der Waals surface area (Å²) >= 11 is 0. The number of hydrogen-bond acceptors (Lipinski definition) is 6. The molecule has 0 amide bonds. The Morgan fingerprint density at radius 2 is 1.97 bits per heavy atom. The monoisotopic (exact) mass is 416 g/mol. The smallest absolute Gasteiger partial charge is 0.228 e. The van der Waals surface area contributed by atoms with Crippen molar-refractivity contribution < 1.29 is 5.11 Å². The highest BCUT2D eigenvalue weighted by Gasteiger charge is 2.28. The molecule has 0 radical (unpaired) electrons. The Balaban J connectivity index is 1.46. The molecule has 1 aliphatic heterocycles.